The second kappa shape index (κ2) is 7.82. The number of piperidine rings is 1. The van der Waals surface area contributed by atoms with Crippen LogP contribution in [0.15, 0.2) is 42.5 Å². The maximum atomic E-state index is 15.0. The number of phenols is 1. The summed E-state index contributed by atoms with van der Waals surface area (Å²) in [4.78, 5) is 16.0. The Labute approximate surface area is 165 Å². The van der Waals surface area contributed by atoms with Gasteiger partial charge in [-0.1, -0.05) is 24.3 Å². The van der Waals surface area contributed by atoms with Crippen molar-refractivity contribution in [2.24, 2.45) is 0 Å². The van der Waals surface area contributed by atoms with E-state index >= 15 is 4.39 Å². The number of likely N-dealkylation sites (tertiary alicyclic amines) is 1. The summed E-state index contributed by atoms with van der Waals surface area (Å²) in [6.45, 7) is 4.69. The first-order valence-corrected chi connectivity index (χ1v) is 10.1. The second-order valence-corrected chi connectivity index (χ2v) is 7.93. The van der Waals surface area contributed by atoms with Crippen molar-refractivity contribution in [2.45, 2.75) is 44.8 Å². The van der Waals surface area contributed by atoms with Gasteiger partial charge in [-0.25, -0.2) is 4.39 Å². The predicted octanol–water partition coefficient (Wildman–Crippen LogP) is 4.16. The van der Waals surface area contributed by atoms with Crippen LogP contribution in [0.25, 0.3) is 0 Å². The number of phenolic OH excluding ortho intramolecular Hbond substituents is 1. The molecule has 1 amide bonds. The fourth-order valence-corrected chi connectivity index (χ4v) is 4.48. The number of amides is 1. The van der Waals surface area contributed by atoms with Gasteiger partial charge in [0.2, 0.25) is 5.91 Å². The highest BCUT2D eigenvalue weighted by Crippen LogP contribution is 2.35. The number of carbonyl (C=O) groups excluding carboxylic acids is 1. The number of halogens is 1. The van der Waals surface area contributed by atoms with Crippen LogP contribution in [0.3, 0.4) is 0 Å². The van der Waals surface area contributed by atoms with Crippen LogP contribution in [0.5, 0.6) is 5.75 Å². The molecule has 4 nitrogen and oxygen atoms in total. The lowest BCUT2D eigenvalue weighted by Gasteiger charge is -2.37. The summed E-state index contributed by atoms with van der Waals surface area (Å²) >= 11 is 0. The van der Waals surface area contributed by atoms with Crippen molar-refractivity contribution in [3.8, 4) is 5.75 Å². The third-order valence-electron chi connectivity index (χ3n) is 6.15. The van der Waals surface area contributed by atoms with E-state index in [0.717, 1.165) is 48.3 Å². The van der Waals surface area contributed by atoms with Gasteiger partial charge in [0.25, 0.3) is 0 Å². The standard InChI is InChI=1S/C23H27FN2O2/c1-16-18(14-26-12-3-6-23(26)28)4-2-5-22(16)25-13-11-20(21(24)15-25)17-7-9-19(27)10-8-17/h2,4-5,7-10,20-21,27H,3,6,11-15H2,1H3/t20-,21+/m0/s1. The zero-order valence-electron chi connectivity index (χ0n) is 16.3. The molecule has 2 heterocycles. The minimum Gasteiger partial charge on any atom is -0.508 e. The van der Waals surface area contributed by atoms with Crippen molar-refractivity contribution in [3.63, 3.8) is 0 Å². The van der Waals surface area contributed by atoms with Crippen LogP contribution in [0.1, 0.15) is 41.9 Å². The third-order valence-corrected chi connectivity index (χ3v) is 6.15. The van der Waals surface area contributed by atoms with Crippen LogP contribution in [-0.2, 0) is 11.3 Å². The van der Waals surface area contributed by atoms with Gasteiger partial charge in [0.05, 0.1) is 0 Å². The van der Waals surface area contributed by atoms with E-state index in [1.165, 1.54) is 0 Å². The fourth-order valence-electron chi connectivity index (χ4n) is 4.48. The molecule has 5 heteroatoms. The van der Waals surface area contributed by atoms with Crippen molar-refractivity contribution in [1.82, 2.24) is 4.90 Å². The van der Waals surface area contributed by atoms with E-state index in [9.17, 15) is 9.90 Å². The van der Waals surface area contributed by atoms with E-state index in [1.807, 2.05) is 23.1 Å². The zero-order chi connectivity index (χ0) is 19.7. The minimum absolute atomic E-state index is 0.137. The predicted molar refractivity (Wildman–Crippen MR) is 108 cm³/mol. The molecule has 2 aliphatic rings. The quantitative estimate of drug-likeness (QED) is 0.864. The Morgan fingerprint density at radius 1 is 1.14 bits per heavy atom. The summed E-state index contributed by atoms with van der Waals surface area (Å²) in [5, 5.41) is 9.46. The molecule has 0 unspecified atom stereocenters. The SMILES string of the molecule is Cc1c(CN2CCCC2=O)cccc1N1CC[C@@H](c2ccc(O)cc2)[C@H](F)C1. The first-order valence-electron chi connectivity index (χ1n) is 10.1. The largest absolute Gasteiger partial charge is 0.508 e. The summed E-state index contributed by atoms with van der Waals surface area (Å²) < 4.78 is 15.0. The molecule has 2 aliphatic heterocycles. The summed E-state index contributed by atoms with van der Waals surface area (Å²) in [6.07, 6.45) is 1.36. The molecule has 28 heavy (non-hydrogen) atoms. The normalized spacial score (nSPS) is 22.7. The number of nitrogens with zero attached hydrogens (tertiary/aromatic N) is 2. The van der Waals surface area contributed by atoms with E-state index in [1.54, 1.807) is 12.1 Å². The van der Waals surface area contributed by atoms with E-state index in [4.69, 9.17) is 0 Å². The smallest absolute Gasteiger partial charge is 0.222 e. The Bertz CT molecular complexity index is 852. The van der Waals surface area contributed by atoms with Crippen LogP contribution in [0.4, 0.5) is 10.1 Å². The Kier molecular flexibility index (Phi) is 5.25. The van der Waals surface area contributed by atoms with Crippen LogP contribution in [0, 0.1) is 6.92 Å². The Hall–Kier alpha value is -2.56. The molecule has 2 atom stereocenters. The Morgan fingerprint density at radius 2 is 1.93 bits per heavy atom. The van der Waals surface area contributed by atoms with Gasteiger partial charge in [-0.15, -0.1) is 0 Å². The molecule has 0 bridgehead atoms. The molecule has 2 aromatic rings. The van der Waals surface area contributed by atoms with E-state index in [0.29, 0.717) is 19.5 Å². The molecule has 0 saturated carbocycles. The van der Waals surface area contributed by atoms with Crippen LogP contribution >= 0.6 is 0 Å². The Balaban J connectivity index is 1.48. The summed E-state index contributed by atoms with van der Waals surface area (Å²) in [5.41, 5.74) is 4.29. The number of carbonyl (C=O) groups is 1. The number of aromatic hydroxyl groups is 1. The van der Waals surface area contributed by atoms with Gasteiger partial charge >= 0.3 is 0 Å². The maximum Gasteiger partial charge on any atom is 0.222 e. The van der Waals surface area contributed by atoms with Gasteiger partial charge in [-0.05, 0) is 54.7 Å². The lowest BCUT2D eigenvalue weighted by Crippen LogP contribution is -2.41. The first-order chi connectivity index (χ1) is 13.5. The Morgan fingerprint density at radius 3 is 2.61 bits per heavy atom. The highest BCUT2D eigenvalue weighted by molar-refractivity contribution is 5.78. The average molecular weight is 382 g/mol. The molecule has 0 spiro atoms. The molecule has 4 rings (SSSR count). The molecule has 0 radical (unpaired) electrons. The van der Waals surface area contributed by atoms with Gasteiger partial charge in [0, 0.05) is 44.2 Å². The van der Waals surface area contributed by atoms with Crippen molar-refractivity contribution in [1.29, 1.82) is 0 Å². The average Bonchev–Trinajstić information content (AvgIpc) is 3.09. The number of benzene rings is 2. The number of hydrogen-bond donors (Lipinski definition) is 1. The number of alkyl halides is 1. The van der Waals surface area contributed by atoms with Crippen LogP contribution in [0.2, 0.25) is 0 Å². The molecule has 2 saturated heterocycles. The summed E-state index contributed by atoms with van der Waals surface area (Å²) in [5.74, 6) is 0.298. The minimum atomic E-state index is -0.957. The molecular formula is C23H27FN2O2. The van der Waals surface area contributed by atoms with E-state index in [2.05, 4.69) is 24.0 Å². The van der Waals surface area contributed by atoms with Gasteiger partial charge in [0.1, 0.15) is 11.9 Å². The van der Waals surface area contributed by atoms with Crippen LogP contribution in [-0.4, -0.2) is 41.7 Å². The summed E-state index contributed by atoms with van der Waals surface area (Å²) in [6, 6.07) is 13.0. The number of hydrogen-bond acceptors (Lipinski definition) is 3. The number of anilines is 1. The fraction of sp³-hybridized carbons (Fsp3) is 0.435. The molecule has 2 fully saturated rings. The third kappa shape index (κ3) is 3.71. The molecule has 2 aromatic carbocycles. The molecular weight excluding hydrogens is 355 g/mol. The van der Waals surface area contributed by atoms with Gasteiger partial charge < -0.3 is 14.9 Å². The van der Waals surface area contributed by atoms with E-state index in [-0.39, 0.29) is 17.6 Å². The monoisotopic (exact) mass is 382 g/mol. The molecule has 1 N–H and O–H groups in total. The topological polar surface area (TPSA) is 43.8 Å². The maximum absolute atomic E-state index is 15.0. The van der Waals surface area contributed by atoms with Crippen LogP contribution < -0.4 is 4.90 Å². The van der Waals surface area contributed by atoms with Gasteiger partial charge in [-0.2, -0.15) is 0 Å². The molecule has 148 valence electrons. The lowest BCUT2D eigenvalue weighted by molar-refractivity contribution is -0.128. The van der Waals surface area contributed by atoms with Crippen molar-refractivity contribution >= 4 is 11.6 Å². The van der Waals surface area contributed by atoms with E-state index < -0.39 is 6.17 Å². The zero-order valence-corrected chi connectivity index (χ0v) is 16.3. The molecule has 0 aliphatic carbocycles. The highest BCUT2D eigenvalue weighted by atomic mass is 19.1. The lowest BCUT2D eigenvalue weighted by atomic mass is 9.87. The first kappa shape index (κ1) is 18.8. The number of rotatable bonds is 4. The van der Waals surface area contributed by atoms with Crippen molar-refractivity contribution < 1.29 is 14.3 Å². The summed E-state index contributed by atoms with van der Waals surface area (Å²) in [7, 11) is 0. The van der Waals surface area contributed by atoms with Crippen molar-refractivity contribution in [2.75, 3.05) is 24.5 Å². The highest BCUT2D eigenvalue weighted by Gasteiger charge is 2.31. The second-order valence-electron chi connectivity index (χ2n) is 7.93. The van der Waals surface area contributed by atoms with Gasteiger partial charge in [-0.3, -0.25) is 4.79 Å². The molecule has 0 aromatic heterocycles. The van der Waals surface area contributed by atoms with Crippen molar-refractivity contribution in [3.05, 3.63) is 59.2 Å². The van der Waals surface area contributed by atoms with Gasteiger partial charge in [0.15, 0.2) is 0 Å².